The van der Waals surface area contributed by atoms with Gasteiger partial charge in [0.15, 0.2) is 0 Å². The largest absolute Gasteiger partial charge is 0.393 e. The fourth-order valence-electron chi connectivity index (χ4n) is 2.37. The summed E-state index contributed by atoms with van der Waals surface area (Å²) >= 11 is 0. The summed E-state index contributed by atoms with van der Waals surface area (Å²) in [6.07, 6.45) is 1.53. The molecule has 0 aliphatic carbocycles. The van der Waals surface area contributed by atoms with E-state index in [9.17, 15) is 9.90 Å². The quantitative estimate of drug-likeness (QED) is 0.854. The molecule has 0 radical (unpaired) electrons. The molecule has 112 valence electrons. The molecule has 1 amide bonds. The van der Waals surface area contributed by atoms with E-state index in [0.29, 0.717) is 31.8 Å². The van der Waals surface area contributed by atoms with Crippen LogP contribution in [0.25, 0.3) is 0 Å². The SMILES string of the molecule is CC(C)Cc1cc(C(=O)N2CCC(O)(CO)CC2)on1. The van der Waals surface area contributed by atoms with Crippen molar-refractivity contribution in [1.29, 1.82) is 0 Å². The summed E-state index contributed by atoms with van der Waals surface area (Å²) in [5.74, 6) is 0.500. The van der Waals surface area contributed by atoms with Crippen LogP contribution in [-0.2, 0) is 6.42 Å². The average Bonchev–Trinajstić information content (AvgIpc) is 2.86. The molecule has 0 spiro atoms. The van der Waals surface area contributed by atoms with E-state index in [0.717, 1.165) is 12.1 Å². The Hall–Kier alpha value is -1.40. The summed E-state index contributed by atoms with van der Waals surface area (Å²) in [5.41, 5.74) is -0.270. The third kappa shape index (κ3) is 3.37. The lowest BCUT2D eigenvalue weighted by molar-refractivity contribution is -0.0550. The van der Waals surface area contributed by atoms with Gasteiger partial charge in [-0.2, -0.15) is 0 Å². The third-order valence-electron chi connectivity index (χ3n) is 3.66. The van der Waals surface area contributed by atoms with Crippen LogP contribution in [0.3, 0.4) is 0 Å². The van der Waals surface area contributed by atoms with Gasteiger partial charge in [-0.05, 0) is 25.2 Å². The van der Waals surface area contributed by atoms with Crippen LogP contribution in [0.5, 0.6) is 0 Å². The number of rotatable bonds is 4. The van der Waals surface area contributed by atoms with E-state index < -0.39 is 5.60 Å². The fraction of sp³-hybridized carbons (Fsp3) is 0.714. The van der Waals surface area contributed by atoms with E-state index in [1.807, 2.05) is 0 Å². The molecule has 0 saturated carbocycles. The molecular weight excluding hydrogens is 260 g/mol. The summed E-state index contributed by atoms with van der Waals surface area (Å²) in [6.45, 7) is 4.72. The Labute approximate surface area is 118 Å². The van der Waals surface area contributed by atoms with Gasteiger partial charge in [0.1, 0.15) is 0 Å². The number of likely N-dealkylation sites (tertiary alicyclic amines) is 1. The molecule has 6 nitrogen and oxygen atoms in total. The Bertz CT molecular complexity index is 461. The number of carbonyl (C=O) groups excluding carboxylic acids is 1. The molecule has 2 N–H and O–H groups in total. The van der Waals surface area contributed by atoms with Crippen molar-refractivity contribution in [3.05, 3.63) is 17.5 Å². The Morgan fingerprint density at radius 2 is 2.15 bits per heavy atom. The molecule has 20 heavy (non-hydrogen) atoms. The Balaban J connectivity index is 1.97. The first-order valence-corrected chi connectivity index (χ1v) is 7.01. The molecule has 1 aromatic heterocycles. The van der Waals surface area contributed by atoms with Crippen LogP contribution >= 0.6 is 0 Å². The number of piperidine rings is 1. The van der Waals surface area contributed by atoms with Crippen LogP contribution in [0.2, 0.25) is 0 Å². The van der Waals surface area contributed by atoms with Gasteiger partial charge in [-0.1, -0.05) is 19.0 Å². The summed E-state index contributed by atoms with van der Waals surface area (Å²) in [4.78, 5) is 13.9. The summed E-state index contributed by atoms with van der Waals surface area (Å²) < 4.78 is 5.11. The molecule has 0 aromatic carbocycles. The zero-order valence-corrected chi connectivity index (χ0v) is 12.0. The van der Waals surface area contributed by atoms with Gasteiger partial charge in [0.2, 0.25) is 5.76 Å². The van der Waals surface area contributed by atoms with Gasteiger partial charge in [-0.3, -0.25) is 4.79 Å². The minimum Gasteiger partial charge on any atom is -0.393 e. The van der Waals surface area contributed by atoms with Crippen molar-refractivity contribution in [3.8, 4) is 0 Å². The van der Waals surface area contributed by atoms with E-state index in [4.69, 9.17) is 9.63 Å². The zero-order chi connectivity index (χ0) is 14.8. The van der Waals surface area contributed by atoms with Gasteiger partial charge in [-0.25, -0.2) is 0 Å². The first-order chi connectivity index (χ1) is 9.43. The number of aromatic nitrogens is 1. The molecule has 0 unspecified atom stereocenters. The highest BCUT2D eigenvalue weighted by Gasteiger charge is 2.34. The number of amides is 1. The minimum absolute atomic E-state index is 0.201. The van der Waals surface area contributed by atoms with Gasteiger partial charge in [-0.15, -0.1) is 0 Å². The Kier molecular flexibility index (Phi) is 4.45. The Morgan fingerprint density at radius 3 is 2.70 bits per heavy atom. The van der Waals surface area contributed by atoms with Gasteiger partial charge < -0.3 is 19.6 Å². The molecule has 1 fully saturated rings. The highest BCUT2D eigenvalue weighted by atomic mass is 16.5. The van der Waals surface area contributed by atoms with Gasteiger partial charge in [0.05, 0.1) is 17.9 Å². The minimum atomic E-state index is -1.05. The van der Waals surface area contributed by atoms with Crippen molar-refractivity contribution < 1.29 is 19.5 Å². The normalized spacial score (nSPS) is 18.6. The molecule has 6 heteroatoms. The second kappa shape index (κ2) is 5.93. The maximum absolute atomic E-state index is 12.2. The van der Waals surface area contributed by atoms with Gasteiger partial charge >= 0.3 is 0 Å². The number of carbonyl (C=O) groups is 1. The second-order valence-corrected chi connectivity index (χ2v) is 5.96. The van der Waals surface area contributed by atoms with E-state index in [1.165, 1.54) is 0 Å². The topological polar surface area (TPSA) is 86.8 Å². The van der Waals surface area contributed by atoms with Crippen LogP contribution in [0.1, 0.15) is 42.9 Å². The number of aliphatic hydroxyl groups is 2. The summed E-state index contributed by atoms with van der Waals surface area (Å²) in [7, 11) is 0. The van der Waals surface area contributed by atoms with Crippen LogP contribution in [0, 0.1) is 5.92 Å². The number of hydrogen-bond acceptors (Lipinski definition) is 5. The first-order valence-electron chi connectivity index (χ1n) is 7.01. The predicted molar refractivity (Wildman–Crippen MR) is 72.2 cm³/mol. The maximum atomic E-state index is 12.2. The van der Waals surface area contributed by atoms with Crippen molar-refractivity contribution in [2.75, 3.05) is 19.7 Å². The number of aliphatic hydroxyl groups excluding tert-OH is 1. The highest BCUT2D eigenvalue weighted by molar-refractivity contribution is 5.91. The van der Waals surface area contributed by atoms with E-state index in [-0.39, 0.29) is 18.3 Å². The Morgan fingerprint density at radius 1 is 1.50 bits per heavy atom. The summed E-state index contributed by atoms with van der Waals surface area (Å²) in [5, 5.41) is 22.9. The molecular formula is C14H22N2O4. The first kappa shape index (κ1) is 15.0. The van der Waals surface area contributed by atoms with Crippen LogP contribution in [0.4, 0.5) is 0 Å². The number of hydrogen-bond donors (Lipinski definition) is 2. The zero-order valence-electron chi connectivity index (χ0n) is 12.0. The highest BCUT2D eigenvalue weighted by Crippen LogP contribution is 2.23. The van der Waals surface area contributed by atoms with E-state index in [2.05, 4.69) is 19.0 Å². The van der Waals surface area contributed by atoms with Crippen LogP contribution < -0.4 is 0 Å². The lowest BCUT2D eigenvalue weighted by atomic mass is 9.92. The monoisotopic (exact) mass is 282 g/mol. The number of nitrogens with zero attached hydrogens (tertiary/aromatic N) is 2. The molecule has 2 rings (SSSR count). The van der Waals surface area contributed by atoms with Crippen LogP contribution in [0.15, 0.2) is 10.6 Å². The van der Waals surface area contributed by atoms with Gasteiger partial charge in [0, 0.05) is 19.2 Å². The van der Waals surface area contributed by atoms with Gasteiger partial charge in [0.25, 0.3) is 5.91 Å². The summed E-state index contributed by atoms with van der Waals surface area (Å²) in [6, 6.07) is 1.69. The van der Waals surface area contributed by atoms with Crippen molar-refractivity contribution in [1.82, 2.24) is 10.1 Å². The molecule has 0 atom stereocenters. The second-order valence-electron chi connectivity index (χ2n) is 5.96. The molecule has 1 aliphatic rings. The standard InChI is InChI=1S/C14H22N2O4/c1-10(2)7-11-8-12(20-15-11)13(18)16-5-3-14(19,9-17)4-6-16/h8,10,17,19H,3-7,9H2,1-2H3. The maximum Gasteiger partial charge on any atom is 0.292 e. The fourth-order valence-corrected chi connectivity index (χ4v) is 2.37. The van der Waals surface area contributed by atoms with Crippen molar-refractivity contribution >= 4 is 5.91 Å². The molecule has 1 aliphatic heterocycles. The van der Waals surface area contributed by atoms with Crippen molar-refractivity contribution in [3.63, 3.8) is 0 Å². The molecule has 2 heterocycles. The molecule has 0 bridgehead atoms. The van der Waals surface area contributed by atoms with E-state index in [1.54, 1.807) is 11.0 Å². The smallest absolute Gasteiger partial charge is 0.292 e. The molecule has 1 saturated heterocycles. The lowest BCUT2D eigenvalue weighted by Gasteiger charge is -2.36. The van der Waals surface area contributed by atoms with E-state index >= 15 is 0 Å². The molecule has 1 aromatic rings. The average molecular weight is 282 g/mol. The third-order valence-corrected chi connectivity index (χ3v) is 3.66. The lowest BCUT2D eigenvalue weighted by Crippen LogP contribution is -2.48. The predicted octanol–water partition coefficient (Wildman–Crippen LogP) is 0.833. The van der Waals surface area contributed by atoms with Crippen LogP contribution in [-0.4, -0.2) is 51.5 Å². The van der Waals surface area contributed by atoms with Crippen molar-refractivity contribution in [2.24, 2.45) is 5.92 Å². The van der Waals surface area contributed by atoms with Crippen molar-refractivity contribution in [2.45, 2.75) is 38.7 Å².